The smallest absolute Gasteiger partial charge is 0.244 e. The number of aliphatic hydroxyl groups is 1. The number of nitrogens with zero attached hydrogens (tertiary/aromatic N) is 3. The summed E-state index contributed by atoms with van der Waals surface area (Å²) in [5.41, 5.74) is -0.101. The van der Waals surface area contributed by atoms with E-state index < -0.39 is 27.9 Å². The zero-order valence-corrected chi connectivity index (χ0v) is 15.4. The van der Waals surface area contributed by atoms with Gasteiger partial charge in [-0.2, -0.15) is 14.8 Å². The standard InChI is InChI=1S/C19H16FN3O4S/c20-17-7-16(6-5-13(17)8-21)27-18-11-23(10-15(18)12-24)28(25,26)19-4-2-1-3-14(19)9-22/h1-7,15,18,24H,10-12H2. The van der Waals surface area contributed by atoms with Crippen LogP contribution in [0.3, 0.4) is 0 Å². The van der Waals surface area contributed by atoms with Gasteiger partial charge in [0.2, 0.25) is 10.0 Å². The molecule has 1 N–H and O–H groups in total. The minimum Gasteiger partial charge on any atom is -0.489 e. The molecule has 28 heavy (non-hydrogen) atoms. The van der Waals surface area contributed by atoms with Crippen LogP contribution in [0, 0.1) is 34.4 Å². The molecular formula is C19H16FN3O4S. The molecule has 2 aromatic rings. The Hall–Kier alpha value is -2.98. The van der Waals surface area contributed by atoms with Crippen LogP contribution in [0.15, 0.2) is 47.4 Å². The van der Waals surface area contributed by atoms with E-state index in [2.05, 4.69) is 0 Å². The first-order valence-corrected chi connectivity index (χ1v) is 9.81. The van der Waals surface area contributed by atoms with E-state index in [1.165, 1.54) is 30.3 Å². The van der Waals surface area contributed by atoms with E-state index in [9.17, 15) is 23.2 Å². The van der Waals surface area contributed by atoms with E-state index >= 15 is 0 Å². The lowest BCUT2D eigenvalue weighted by atomic mass is 10.1. The summed E-state index contributed by atoms with van der Waals surface area (Å²) >= 11 is 0. The summed E-state index contributed by atoms with van der Waals surface area (Å²) in [5.74, 6) is -1.13. The molecule has 0 saturated carbocycles. The van der Waals surface area contributed by atoms with Crippen LogP contribution in [-0.4, -0.2) is 43.6 Å². The van der Waals surface area contributed by atoms with Crippen molar-refractivity contribution >= 4 is 10.0 Å². The molecule has 144 valence electrons. The number of sulfonamides is 1. The second-order valence-electron chi connectivity index (χ2n) is 6.28. The molecule has 0 bridgehead atoms. The van der Waals surface area contributed by atoms with Gasteiger partial charge in [0.25, 0.3) is 0 Å². The van der Waals surface area contributed by atoms with Gasteiger partial charge in [-0.1, -0.05) is 12.1 Å². The Morgan fingerprint density at radius 3 is 2.50 bits per heavy atom. The van der Waals surface area contributed by atoms with E-state index in [4.69, 9.17) is 10.00 Å². The average Bonchev–Trinajstić information content (AvgIpc) is 3.11. The summed E-state index contributed by atoms with van der Waals surface area (Å²) in [6.45, 7) is -0.383. The molecular weight excluding hydrogens is 385 g/mol. The highest BCUT2D eigenvalue weighted by Crippen LogP contribution is 2.29. The van der Waals surface area contributed by atoms with Gasteiger partial charge in [-0.25, -0.2) is 12.8 Å². The largest absolute Gasteiger partial charge is 0.489 e. The molecule has 2 atom stereocenters. The monoisotopic (exact) mass is 401 g/mol. The topological polar surface area (TPSA) is 114 Å². The fourth-order valence-corrected chi connectivity index (χ4v) is 4.72. The number of halogens is 1. The van der Waals surface area contributed by atoms with Gasteiger partial charge in [0.05, 0.1) is 29.2 Å². The van der Waals surface area contributed by atoms with Crippen molar-refractivity contribution in [2.24, 2.45) is 5.92 Å². The number of nitriles is 2. The van der Waals surface area contributed by atoms with E-state index in [1.54, 1.807) is 12.1 Å². The number of rotatable bonds is 5. The highest BCUT2D eigenvalue weighted by molar-refractivity contribution is 7.89. The van der Waals surface area contributed by atoms with Crippen LogP contribution in [0.5, 0.6) is 5.75 Å². The fraction of sp³-hybridized carbons (Fsp3) is 0.263. The van der Waals surface area contributed by atoms with Crippen molar-refractivity contribution in [2.45, 2.75) is 11.0 Å². The summed E-state index contributed by atoms with van der Waals surface area (Å²) in [6.07, 6.45) is -0.707. The first kappa shape index (κ1) is 19.8. The van der Waals surface area contributed by atoms with Crippen LogP contribution >= 0.6 is 0 Å². The molecule has 3 rings (SSSR count). The summed E-state index contributed by atoms with van der Waals surface area (Å²) in [5, 5.41) is 27.6. The lowest BCUT2D eigenvalue weighted by Crippen LogP contribution is -2.31. The first-order valence-electron chi connectivity index (χ1n) is 8.37. The molecule has 7 nitrogen and oxygen atoms in total. The molecule has 0 aliphatic carbocycles. The predicted octanol–water partition coefficient (Wildman–Crippen LogP) is 1.63. The molecule has 2 aromatic carbocycles. The molecule has 0 aromatic heterocycles. The second kappa shape index (κ2) is 7.95. The quantitative estimate of drug-likeness (QED) is 0.814. The van der Waals surface area contributed by atoms with Crippen LogP contribution in [0.25, 0.3) is 0 Å². The fourth-order valence-electron chi connectivity index (χ4n) is 3.07. The molecule has 0 spiro atoms. The van der Waals surface area contributed by atoms with E-state index in [-0.39, 0.29) is 41.5 Å². The van der Waals surface area contributed by atoms with Crippen molar-refractivity contribution in [3.05, 3.63) is 59.4 Å². The van der Waals surface area contributed by atoms with Crippen LogP contribution < -0.4 is 4.74 Å². The minimum absolute atomic E-state index is 0.00201. The van der Waals surface area contributed by atoms with Crippen molar-refractivity contribution < 1.29 is 22.7 Å². The van der Waals surface area contributed by atoms with E-state index in [0.717, 1.165) is 10.4 Å². The van der Waals surface area contributed by atoms with Gasteiger partial charge in [0.15, 0.2) is 0 Å². The molecule has 1 fully saturated rings. The SMILES string of the molecule is N#Cc1ccc(OC2CN(S(=O)(=O)c3ccccc3C#N)CC2CO)cc1F. The predicted molar refractivity (Wildman–Crippen MR) is 96.0 cm³/mol. The average molecular weight is 401 g/mol. The van der Waals surface area contributed by atoms with Crippen LogP contribution in [-0.2, 0) is 10.0 Å². The van der Waals surface area contributed by atoms with Gasteiger partial charge >= 0.3 is 0 Å². The normalized spacial score (nSPS) is 19.7. The lowest BCUT2D eigenvalue weighted by Gasteiger charge is -2.19. The van der Waals surface area contributed by atoms with Crippen LogP contribution in [0.1, 0.15) is 11.1 Å². The Balaban J connectivity index is 1.85. The zero-order valence-electron chi connectivity index (χ0n) is 14.6. The first-order chi connectivity index (χ1) is 13.4. The zero-order chi connectivity index (χ0) is 20.3. The van der Waals surface area contributed by atoms with Gasteiger partial charge < -0.3 is 9.84 Å². The maximum absolute atomic E-state index is 13.8. The lowest BCUT2D eigenvalue weighted by molar-refractivity contribution is 0.122. The Kier molecular flexibility index (Phi) is 5.61. The van der Waals surface area contributed by atoms with Gasteiger partial charge in [-0.05, 0) is 24.3 Å². The van der Waals surface area contributed by atoms with Gasteiger partial charge in [-0.3, -0.25) is 0 Å². The third-order valence-electron chi connectivity index (χ3n) is 4.56. The van der Waals surface area contributed by atoms with Crippen molar-refractivity contribution in [1.29, 1.82) is 10.5 Å². The highest BCUT2D eigenvalue weighted by Gasteiger charge is 2.41. The maximum atomic E-state index is 13.8. The molecule has 9 heteroatoms. The Morgan fingerprint density at radius 2 is 1.86 bits per heavy atom. The molecule has 0 amide bonds. The van der Waals surface area contributed by atoms with Crippen LogP contribution in [0.2, 0.25) is 0 Å². The molecule has 1 aliphatic rings. The van der Waals surface area contributed by atoms with Crippen LogP contribution in [0.4, 0.5) is 4.39 Å². The van der Waals surface area contributed by atoms with E-state index in [0.29, 0.717) is 0 Å². The Labute approximate surface area is 161 Å². The molecule has 1 heterocycles. The summed E-state index contributed by atoms with van der Waals surface area (Å²) in [6, 6.07) is 13.2. The number of benzene rings is 2. The van der Waals surface area contributed by atoms with Crippen molar-refractivity contribution in [3.8, 4) is 17.9 Å². The molecule has 0 radical (unpaired) electrons. The number of hydrogen-bond acceptors (Lipinski definition) is 6. The third kappa shape index (κ3) is 3.69. The van der Waals surface area contributed by atoms with E-state index in [1.807, 2.05) is 6.07 Å². The summed E-state index contributed by atoms with van der Waals surface area (Å²) in [4.78, 5) is -0.112. The van der Waals surface area contributed by atoms with Crippen molar-refractivity contribution in [3.63, 3.8) is 0 Å². The van der Waals surface area contributed by atoms with Gasteiger partial charge in [0, 0.05) is 18.5 Å². The third-order valence-corrected chi connectivity index (χ3v) is 6.45. The second-order valence-corrected chi connectivity index (χ2v) is 8.19. The van der Waals surface area contributed by atoms with Gasteiger partial charge in [-0.15, -0.1) is 0 Å². The number of hydrogen-bond donors (Lipinski definition) is 1. The summed E-state index contributed by atoms with van der Waals surface area (Å²) in [7, 11) is -3.97. The molecule has 1 saturated heterocycles. The molecule has 1 aliphatic heterocycles. The van der Waals surface area contributed by atoms with Crippen molar-refractivity contribution in [2.75, 3.05) is 19.7 Å². The highest BCUT2D eigenvalue weighted by atomic mass is 32.2. The van der Waals surface area contributed by atoms with Gasteiger partial charge in [0.1, 0.15) is 29.8 Å². The number of ether oxygens (including phenoxy) is 1. The molecule has 2 unspecified atom stereocenters. The summed E-state index contributed by atoms with van der Waals surface area (Å²) < 4.78 is 46.5. The maximum Gasteiger partial charge on any atom is 0.244 e. The Bertz CT molecular complexity index is 1080. The Morgan fingerprint density at radius 1 is 1.14 bits per heavy atom. The van der Waals surface area contributed by atoms with Crippen molar-refractivity contribution in [1.82, 2.24) is 4.31 Å². The number of aliphatic hydroxyl groups excluding tert-OH is 1. The minimum atomic E-state index is -3.97.